The normalized spacial score (nSPS) is 27.5. The summed E-state index contributed by atoms with van der Waals surface area (Å²) in [6, 6.07) is -0.232. The highest BCUT2D eigenvalue weighted by molar-refractivity contribution is 5.96. The smallest absolute Gasteiger partial charge is 0.245 e. The van der Waals surface area contributed by atoms with Crippen LogP contribution in [-0.2, 0) is 14.4 Å². The summed E-state index contributed by atoms with van der Waals surface area (Å²) in [4.78, 5) is 36.7. The largest absolute Gasteiger partial charge is 0.351 e. The molecule has 0 spiro atoms. The SMILES string of the molecule is O=C1CC[C@H](C(=O)NC2(C(=O)NC3CCCC3)CCCCC2)N1. The van der Waals surface area contributed by atoms with Crippen molar-refractivity contribution in [2.45, 2.75) is 88.3 Å². The molecule has 1 aliphatic heterocycles. The Hall–Kier alpha value is -1.59. The Balaban J connectivity index is 1.66. The van der Waals surface area contributed by atoms with Gasteiger partial charge < -0.3 is 16.0 Å². The van der Waals surface area contributed by atoms with E-state index in [1.165, 1.54) is 12.8 Å². The first-order valence-electron chi connectivity index (χ1n) is 9.01. The lowest BCUT2D eigenvalue weighted by Gasteiger charge is -2.38. The molecule has 3 N–H and O–H groups in total. The number of amides is 3. The van der Waals surface area contributed by atoms with Crippen molar-refractivity contribution in [3.05, 3.63) is 0 Å². The summed E-state index contributed by atoms with van der Waals surface area (Å²) < 4.78 is 0. The van der Waals surface area contributed by atoms with E-state index >= 15 is 0 Å². The van der Waals surface area contributed by atoms with Gasteiger partial charge in [0.1, 0.15) is 11.6 Å². The molecule has 0 radical (unpaired) electrons. The van der Waals surface area contributed by atoms with Gasteiger partial charge in [0, 0.05) is 12.5 Å². The molecule has 1 heterocycles. The minimum Gasteiger partial charge on any atom is -0.351 e. The Bertz CT molecular complexity index is 479. The van der Waals surface area contributed by atoms with Crippen LogP contribution in [0.15, 0.2) is 0 Å². The maximum atomic E-state index is 12.9. The monoisotopic (exact) mass is 321 g/mol. The van der Waals surface area contributed by atoms with Crippen LogP contribution in [0.3, 0.4) is 0 Å². The number of carbonyl (C=O) groups excluding carboxylic acids is 3. The first-order chi connectivity index (χ1) is 11.1. The van der Waals surface area contributed by atoms with Gasteiger partial charge in [-0.2, -0.15) is 0 Å². The zero-order valence-electron chi connectivity index (χ0n) is 13.7. The van der Waals surface area contributed by atoms with Crippen LogP contribution in [0.4, 0.5) is 0 Å². The average Bonchev–Trinajstić information content (AvgIpc) is 3.20. The van der Waals surface area contributed by atoms with Crippen molar-refractivity contribution in [1.29, 1.82) is 0 Å². The third-order valence-electron chi connectivity index (χ3n) is 5.51. The molecular weight excluding hydrogens is 294 g/mol. The molecule has 3 rings (SSSR count). The Labute approximate surface area is 137 Å². The van der Waals surface area contributed by atoms with E-state index in [2.05, 4.69) is 16.0 Å². The van der Waals surface area contributed by atoms with Crippen LogP contribution >= 0.6 is 0 Å². The van der Waals surface area contributed by atoms with Crippen molar-refractivity contribution in [2.24, 2.45) is 0 Å². The molecule has 2 aliphatic carbocycles. The van der Waals surface area contributed by atoms with Crippen molar-refractivity contribution >= 4 is 17.7 Å². The van der Waals surface area contributed by atoms with Gasteiger partial charge in [-0.15, -0.1) is 0 Å². The fraction of sp³-hybridized carbons (Fsp3) is 0.824. The van der Waals surface area contributed by atoms with E-state index in [-0.39, 0.29) is 23.8 Å². The molecule has 6 heteroatoms. The van der Waals surface area contributed by atoms with Crippen molar-refractivity contribution in [1.82, 2.24) is 16.0 Å². The van der Waals surface area contributed by atoms with Crippen molar-refractivity contribution in [3.8, 4) is 0 Å². The van der Waals surface area contributed by atoms with Crippen LogP contribution in [0.25, 0.3) is 0 Å². The summed E-state index contributed by atoms with van der Waals surface area (Å²) in [5.41, 5.74) is -0.786. The highest BCUT2D eigenvalue weighted by Gasteiger charge is 2.43. The van der Waals surface area contributed by atoms with Gasteiger partial charge >= 0.3 is 0 Å². The van der Waals surface area contributed by atoms with Crippen LogP contribution in [0.5, 0.6) is 0 Å². The maximum absolute atomic E-state index is 12.9. The lowest BCUT2D eigenvalue weighted by atomic mass is 9.80. The minimum atomic E-state index is -0.786. The second-order valence-electron chi connectivity index (χ2n) is 7.25. The molecule has 0 aromatic heterocycles. The van der Waals surface area contributed by atoms with E-state index in [4.69, 9.17) is 0 Å². The van der Waals surface area contributed by atoms with E-state index in [0.717, 1.165) is 32.1 Å². The van der Waals surface area contributed by atoms with E-state index < -0.39 is 11.6 Å². The third kappa shape index (κ3) is 3.67. The fourth-order valence-electron chi connectivity index (χ4n) is 4.09. The zero-order valence-corrected chi connectivity index (χ0v) is 13.7. The molecule has 0 unspecified atom stereocenters. The van der Waals surface area contributed by atoms with E-state index in [1.54, 1.807) is 0 Å². The van der Waals surface area contributed by atoms with Crippen LogP contribution in [0.1, 0.15) is 70.6 Å². The second-order valence-corrected chi connectivity index (χ2v) is 7.25. The Kier molecular flexibility index (Phi) is 4.87. The average molecular weight is 321 g/mol. The lowest BCUT2D eigenvalue weighted by Crippen LogP contribution is -2.63. The van der Waals surface area contributed by atoms with E-state index in [0.29, 0.717) is 25.7 Å². The molecule has 1 atom stereocenters. The summed E-state index contributed by atoms with van der Waals surface area (Å²) in [6.07, 6.45) is 9.71. The number of nitrogens with one attached hydrogen (secondary N) is 3. The lowest BCUT2D eigenvalue weighted by molar-refractivity contribution is -0.136. The van der Waals surface area contributed by atoms with Gasteiger partial charge in [0.25, 0.3) is 0 Å². The molecule has 0 bridgehead atoms. The van der Waals surface area contributed by atoms with Crippen molar-refractivity contribution in [3.63, 3.8) is 0 Å². The van der Waals surface area contributed by atoms with Gasteiger partial charge in [-0.05, 0) is 32.1 Å². The van der Waals surface area contributed by atoms with Crippen molar-refractivity contribution < 1.29 is 14.4 Å². The summed E-state index contributed by atoms with van der Waals surface area (Å²) >= 11 is 0. The molecular formula is C17H27N3O3. The summed E-state index contributed by atoms with van der Waals surface area (Å²) in [6.45, 7) is 0. The first-order valence-corrected chi connectivity index (χ1v) is 9.01. The standard InChI is InChI=1S/C17H27N3O3/c21-14-9-8-13(19-14)15(22)20-17(10-4-1-5-11-17)16(23)18-12-6-2-3-7-12/h12-13H,1-11H2,(H,18,23)(H,19,21)(H,20,22)/t13-/m1/s1. The Morgan fingerprint density at radius 3 is 2.30 bits per heavy atom. The number of rotatable bonds is 4. The highest BCUT2D eigenvalue weighted by Crippen LogP contribution is 2.30. The number of carbonyl (C=O) groups is 3. The van der Waals surface area contributed by atoms with Crippen LogP contribution in [-0.4, -0.2) is 35.3 Å². The van der Waals surface area contributed by atoms with Gasteiger partial charge in [0.15, 0.2) is 0 Å². The van der Waals surface area contributed by atoms with Gasteiger partial charge in [-0.3, -0.25) is 14.4 Å². The minimum absolute atomic E-state index is 0.0261. The van der Waals surface area contributed by atoms with Crippen LogP contribution in [0, 0.1) is 0 Å². The molecule has 6 nitrogen and oxygen atoms in total. The molecule has 0 aromatic carbocycles. The summed E-state index contributed by atoms with van der Waals surface area (Å²) in [7, 11) is 0. The molecule has 3 aliphatic rings. The predicted octanol–water partition coefficient (Wildman–Crippen LogP) is 1.14. The van der Waals surface area contributed by atoms with Gasteiger partial charge in [-0.1, -0.05) is 32.1 Å². The van der Waals surface area contributed by atoms with E-state index in [9.17, 15) is 14.4 Å². The predicted molar refractivity (Wildman–Crippen MR) is 85.5 cm³/mol. The van der Waals surface area contributed by atoms with Gasteiger partial charge in [0.05, 0.1) is 0 Å². The maximum Gasteiger partial charge on any atom is 0.245 e. The Morgan fingerprint density at radius 2 is 1.70 bits per heavy atom. The van der Waals surface area contributed by atoms with Crippen molar-refractivity contribution in [2.75, 3.05) is 0 Å². The van der Waals surface area contributed by atoms with Gasteiger partial charge in [0.2, 0.25) is 17.7 Å². The Morgan fingerprint density at radius 1 is 1.00 bits per heavy atom. The molecule has 3 amide bonds. The topological polar surface area (TPSA) is 87.3 Å². The second kappa shape index (κ2) is 6.89. The van der Waals surface area contributed by atoms with Crippen LogP contribution < -0.4 is 16.0 Å². The molecule has 2 saturated carbocycles. The zero-order chi connectivity index (χ0) is 16.3. The number of hydrogen-bond acceptors (Lipinski definition) is 3. The summed E-state index contributed by atoms with van der Waals surface area (Å²) in [5.74, 6) is -0.320. The highest BCUT2D eigenvalue weighted by atomic mass is 16.2. The number of hydrogen-bond donors (Lipinski definition) is 3. The molecule has 1 saturated heterocycles. The molecule has 0 aromatic rings. The van der Waals surface area contributed by atoms with Crippen LogP contribution in [0.2, 0.25) is 0 Å². The quantitative estimate of drug-likeness (QED) is 0.726. The molecule has 128 valence electrons. The first kappa shape index (κ1) is 16.3. The summed E-state index contributed by atoms with van der Waals surface area (Å²) in [5, 5.41) is 8.85. The van der Waals surface area contributed by atoms with E-state index in [1.807, 2.05) is 0 Å². The fourth-order valence-corrected chi connectivity index (χ4v) is 4.09. The molecule has 3 fully saturated rings. The third-order valence-corrected chi connectivity index (χ3v) is 5.51. The molecule has 23 heavy (non-hydrogen) atoms. The van der Waals surface area contributed by atoms with Gasteiger partial charge in [-0.25, -0.2) is 0 Å².